The molecule has 0 saturated carbocycles. The molecule has 0 heterocycles. The smallest absolute Gasteiger partial charge is 0.0723 e. The van der Waals surface area contributed by atoms with Gasteiger partial charge >= 0.3 is 0 Å². The number of benzene rings is 2. The van der Waals surface area contributed by atoms with E-state index in [1.807, 2.05) is 6.21 Å². The number of aryl methyl sites for hydroxylation is 4. The van der Waals surface area contributed by atoms with Crippen molar-refractivity contribution in [2.24, 2.45) is 4.99 Å². The minimum Gasteiger partial charge on any atom is -0.285 e. The summed E-state index contributed by atoms with van der Waals surface area (Å²) in [5.41, 5.74) is 7.68. The molecular weight excluding hydrogens is 242 g/mol. The predicted octanol–water partition coefficient (Wildman–Crippen LogP) is 5.10. The molecule has 0 aliphatic heterocycles. The molecule has 0 amide bonds. The summed E-state index contributed by atoms with van der Waals surface area (Å²) in [6, 6.07) is 13.2. The van der Waals surface area contributed by atoms with E-state index in [1.54, 1.807) is 0 Å². The molecule has 2 rings (SSSR count). The molecule has 1 nitrogen and oxygen atoms in total. The molecule has 0 fully saturated rings. The molecular formula is C19H23N. The van der Waals surface area contributed by atoms with Crippen LogP contribution in [-0.2, 0) is 0 Å². The van der Waals surface area contributed by atoms with Crippen molar-refractivity contribution in [1.29, 1.82) is 0 Å². The summed E-state index contributed by atoms with van der Waals surface area (Å²) in [4.78, 5) is 4.73. The average molecular weight is 265 g/mol. The van der Waals surface area contributed by atoms with Gasteiger partial charge in [-0.05, 0) is 56.9 Å². The minimum absolute atomic E-state index is 0.190. The van der Waals surface area contributed by atoms with E-state index in [4.69, 9.17) is 4.99 Å². The van der Waals surface area contributed by atoms with Crippen LogP contribution in [0.1, 0.15) is 46.3 Å². The Morgan fingerprint density at radius 3 is 2.20 bits per heavy atom. The van der Waals surface area contributed by atoms with E-state index >= 15 is 0 Å². The van der Waals surface area contributed by atoms with Crippen LogP contribution in [0.25, 0.3) is 0 Å². The highest BCUT2D eigenvalue weighted by Crippen LogP contribution is 2.22. The topological polar surface area (TPSA) is 12.4 Å². The highest BCUT2D eigenvalue weighted by molar-refractivity contribution is 5.82. The van der Waals surface area contributed by atoms with Crippen LogP contribution < -0.4 is 0 Å². The van der Waals surface area contributed by atoms with Crippen LogP contribution in [0.15, 0.2) is 41.4 Å². The first-order valence-corrected chi connectivity index (χ1v) is 7.15. The fraction of sp³-hybridized carbons (Fsp3) is 0.316. The van der Waals surface area contributed by atoms with Crippen molar-refractivity contribution in [3.8, 4) is 0 Å². The van der Waals surface area contributed by atoms with Crippen LogP contribution in [0, 0.1) is 27.7 Å². The number of nitrogens with zero attached hydrogens (tertiary/aromatic N) is 1. The lowest BCUT2D eigenvalue weighted by atomic mass is 10.0. The molecule has 0 saturated heterocycles. The van der Waals surface area contributed by atoms with Gasteiger partial charge in [0.25, 0.3) is 0 Å². The summed E-state index contributed by atoms with van der Waals surface area (Å²) in [6.45, 7) is 10.7. The van der Waals surface area contributed by atoms with E-state index in [1.165, 1.54) is 33.4 Å². The molecule has 0 spiro atoms. The van der Waals surface area contributed by atoms with Crippen LogP contribution in [0.3, 0.4) is 0 Å². The van der Waals surface area contributed by atoms with Gasteiger partial charge in [0.1, 0.15) is 0 Å². The maximum atomic E-state index is 4.73. The van der Waals surface area contributed by atoms with Gasteiger partial charge < -0.3 is 0 Å². The molecule has 0 N–H and O–H groups in total. The third-order valence-corrected chi connectivity index (χ3v) is 3.75. The van der Waals surface area contributed by atoms with E-state index in [0.29, 0.717) is 0 Å². The highest BCUT2D eigenvalue weighted by Gasteiger charge is 2.06. The average Bonchev–Trinajstić information content (AvgIpc) is 2.39. The number of hydrogen-bond acceptors (Lipinski definition) is 1. The molecule has 1 heteroatoms. The predicted molar refractivity (Wildman–Crippen MR) is 87.8 cm³/mol. The third kappa shape index (κ3) is 3.36. The Hall–Kier alpha value is -1.89. The fourth-order valence-corrected chi connectivity index (χ4v) is 2.47. The Labute approximate surface area is 122 Å². The molecule has 1 unspecified atom stereocenters. The summed E-state index contributed by atoms with van der Waals surface area (Å²) in [5, 5.41) is 0. The first-order valence-electron chi connectivity index (χ1n) is 7.15. The van der Waals surface area contributed by atoms with Crippen molar-refractivity contribution in [2.45, 2.75) is 40.7 Å². The van der Waals surface area contributed by atoms with Gasteiger partial charge in [-0.25, -0.2) is 0 Å². The largest absolute Gasteiger partial charge is 0.285 e. The third-order valence-electron chi connectivity index (χ3n) is 3.75. The SMILES string of the molecule is Cc1ccc(C(C)/N=C\c2cc(C)ccc2C)c(C)c1. The summed E-state index contributed by atoms with van der Waals surface area (Å²) in [7, 11) is 0. The molecule has 0 aromatic heterocycles. The summed E-state index contributed by atoms with van der Waals surface area (Å²) < 4.78 is 0. The zero-order valence-corrected chi connectivity index (χ0v) is 13.1. The van der Waals surface area contributed by atoms with Crippen molar-refractivity contribution in [2.75, 3.05) is 0 Å². The van der Waals surface area contributed by atoms with Gasteiger partial charge in [0.05, 0.1) is 6.04 Å². The van der Waals surface area contributed by atoms with Gasteiger partial charge in [0.15, 0.2) is 0 Å². The zero-order valence-electron chi connectivity index (χ0n) is 13.1. The van der Waals surface area contributed by atoms with Gasteiger partial charge in [0.2, 0.25) is 0 Å². The first-order chi connectivity index (χ1) is 9.47. The van der Waals surface area contributed by atoms with Gasteiger partial charge in [-0.2, -0.15) is 0 Å². The lowest BCUT2D eigenvalue weighted by molar-refractivity contribution is 0.816. The normalized spacial score (nSPS) is 12.8. The van der Waals surface area contributed by atoms with Crippen molar-refractivity contribution < 1.29 is 0 Å². The Bertz CT molecular complexity index is 638. The number of aliphatic imine (C=N–C) groups is 1. The lowest BCUT2D eigenvalue weighted by Gasteiger charge is -2.11. The highest BCUT2D eigenvalue weighted by atomic mass is 14.8. The standard InChI is InChI=1S/C19H23N/c1-13-7-9-19(16(4)10-13)17(5)20-12-18-11-14(2)6-8-15(18)3/h6-12,17H,1-5H3/b20-12-. The van der Waals surface area contributed by atoms with Crippen LogP contribution in [-0.4, -0.2) is 6.21 Å². The first kappa shape index (κ1) is 14.5. The van der Waals surface area contributed by atoms with E-state index in [9.17, 15) is 0 Å². The number of hydrogen-bond donors (Lipinski definition) is 0. The summed E-state index contributed by atoms with van der Waals surface area (Å²) in [6.07, 6.45) is 2.01. The van der Waals surface area contributed by atoms with Crippen LogP contribution in [0.5, 0.6) is 0 Å². The van der Waals surface area contributed by atoms with E-state index in [0.717, 1.165) is 0 Å². The van der Waals surface area contributed by atoms with Gasteiger partial charge in [-0.3, -0.25) is 4.99 Å². The molecule has 104 valence electrons. The fourth-order valence-electron chi connectivity index (χ4n) is 2.47. The Morgan fingerprint density at radius 1 is 0.850 bits per heavy atom. The van der Waals surface area contributed by atoms with Crippen molar-refractivity contribution in [3.63, 3.8) is 0 Å². The molecule has 0 aliphatic rings. The molecule has 0 bridgehead atoms. The van der Waals surface area contributed by atoms with Gasteiger partial charge in [0, 0.05) is 6.21 Å². The number of rotatable bonds is 3. The van der Waals surface area contributed by atoms with E-state index in [2.05, 4.69) is 71.0 Å². The van der Waals surface area contributed by atoms with E-state index < -0.39 is 0 Å². The minimum atomic E-state index is 0.190. The van der Waals surface area contributed by atoms with Crippen LogP contribution in [0.4, 0.5) is 0 Å². The molecule has 1 atom stereocenters. The maximum Gasteiger partial charge on any atom is 0.0723 e. The van der Waals surface area contributed by atoms with Crippen molar-refractivity contribution >= 4 is 6.21 Å². The monoisotopic (exact) mass is 265 g/mol. The second-order valence-corrected chi connectivity index (χ2v) is 5.67. The molecule has 0 radical (unpaired) electrons. The second-order valence-electron chi connectivity index (χ2n) is 5.67. The van der Waals surface area contributed by atoms with Crippen LogP contribution in [0.2, 0.25) is 0 Å². The molecule has 2 aromatic carbocycles. The quantitative estimate of drug-likeness (QED) is 0.685. The van der Waals surface area contributed by atoms with E-state index in [-0.39, 0.29) is 6.04 Å². The Balaban J connectivity index is 2.24. The maximum absolute atomic E-state index is 4.73. The van der Waals surface area contributed by atoms with Gasteiger partial charge in [-0.1, -0.05) is 47.5 Å². The lowest BCUT2D eigenvalue weighted by Crippen LogP contribution is -1.96. The Kier molecular flexibility index (Phi) is 4.39. The second kappa shape index (κ2) is 6.04. The van der Waals surface area contributed by atoms with Crippen molar-refractivity contribution in [3.05, 3.63) is 69.8 Å². The summed E-state index contributed by atoms with van der Waals surface area (Å²) >= 11 is 0. The summed E-state index contributed by atoms with van der Waals surface area (Å²) in [5.74, 6) is 0. The van der Waals surface area contributed by atoms with Gasteiger partial charge in [-0.15, -0.1) is 0 Å². The van der Waals surface area contributed by atoms with Crippen molar-refractivity contribution in [1.82, 2.24) is 0 Å². The zero-order chi connectivity index (χ0) is 14.7. The molecule has 2 aromatic rings. The molecule has 20 heavy (non-hydrogen) atoms. The molecule has 0 aliphatic carbocycles. The Morgan fingerprint density at radius 2 is 1.50 bits per heavy atom. The van der Waals surface area contributed by atoms with Crippen LogP contribution >= 0.6 is 0 Å².